The lowest BCUT2D eigenvalue weighted by Gasteiger charge is -2.41. The fourth-order valence-corrected chi connectivity index (χ4v) is 4.10. The first-order chi connectivity index (χ1) is 11.7. The zero-order chi connectivity index (χ0) is 16.6. The molecule has 0 saturated heterocycles. The Labute approximate surface area is 143 Å². The lowest BCUT2D eigenvalue weighted by molar-refractivity contribution is 0.100. The highest BCUT2D eigenvalue weighted by molar-refractivity contribution is 7.22. The largest absolute Gasteiger partial charge is 0.366 e. The van der Waals surface area contributed by atoms with Crippen LogP contribution < -0.4 is 11.1 Å². The molecule has 1 aliphatic carbocycles. The Bertz CT molecular complexity index is 886. The van der Waals surface area contributed by atoms with E-state index in [9.17, 15) is 4.79 Å². The second-order valence-electron chi connectivity index (χ2n) is 6.27. The van der Waals surface area contributed by atoms with Gasteiger partial charge in [0, 0.05) is 29.4 Å². The number of carbonyl (C=O) groups is 1. The van der Waals surface area contributed by atoms with Crippen LogP contribution in [-0.4, -0.2) is 22.4 Å². The Morgan fingerprint density at radius 1 is 1.29 bits per heavy atom. The molecule has 1 amide bonds. The number of rotatable bonds is 5. The van der Waals surface area contributed by atoms with Crippen LogP contribution >= 0.6 is 11.3 Å². The van der Waals surface area contributed by atoms with Gasteiger partial charge < -0.3 is 11.1 Å². The van der Waals surface area contributed by atoms with Crippen LogP contribution in [0.1, 0.15) is 35.3 Å². The summed E-state index contributed by atoms with van der Waals surface area (Å²) in [6.07, 6.45) is 5.39. The summed E-state index contributed by atoms with van der Waals surface area (Å²) in [6, 6.07) is 11.5. The third kappa shape index (κ3) is 2.63. The molecule has 1 aromatic carbocycles. The molecule has 0 aliphatic heterocycles. The van der Waals surface area contributed by atoms with Crippen LogP contribution in [0.5, 0.6) is 0 Å². The van der Waals surface area contributed by atoms with Crippen molar-refractivity contribution < 1.29 is 4.79 Å². The Kier molecular flexibility index (Phi) is 3.69. The maximum Gasteiger partial charge on any atom is 0.248 e. The first-order valence-electron chi connectivity index (χ1n) is 8.02. The zero-order valence-corrected chi connectivity index (χ0v) is 14.0. The smallest absolute Gasteiger partial charge is 0.248 e. The molecule has 2 aromatic heterocycles. The van der Waals surface area contributed by atoms with Crippen LogP contribution in [0.2, 0.25) is 0 Å². The number of nitrogens with zero attached hydrogens (tertiary/aromatic N) is 2. The van der Waals surface area contributed by atoms with E-state index in [4.69, 9.17) is 5.73 Å². The van der Waals surface area contributed by atoms with Crippen molar-refractivity contribution in [3.8, 4) is 0 Å². The van der Waals surface area contributed by atoms with E-state index in [2.05, 4.69) is 21.4 Å². The minimum absolute atomic E-state index is 0.109. The summed E-state index contributed by atoms with van der Waals surface area (Å²) < 4.78 is 0.967. The van der Waals surface area contributed by atoms with Gasteiger partial charge in [0.1, 0.15) is 0 Å². The lowest BCUT2D eigenvalue weighted by atomic mass is 9.66. The molecule has 1 fully saturated rings. The molecule has 5 nitrogen and oxygen atoms in total. The summed E-state index contributed by atoms with van der Waals surface area (Å²) in [5.41, 5.74) is 8.00. The Hall–Kier alpha value is -2.47. The number of thiazole rings is 1. The number of carbonyl (C=O) groups excluding carboxylic acids is 1. The molecule has 0 unspecified atom stereocenters. The summed E-state index contributed by atoms with van der Waals surface area (Å²) in [5, 5.41) is 4.34. The molecular weight excluding hydrogens is 320 g/mol. The van der Waals surface area contributed by atoms with Gasteiger partial charge >= 0.3 is 0 Å². The SMILES string of the molecule is NC(=O)c1ccc2nc(NCC3(c4ccccn4)CCC3)sc2c1. The molecule has 1 saturated carbocycles. The topological polar surface area (TPSA) is 80.9 Å². The van der Waals surface area contributed by atoms with Gasteiger partial charge in [0.25, 0.3) is 0 Å². The molecule has 1 aliphatic rings. The first kappa shape index (κ1) is 15.1. The quantitative estimate of drug-likeness (QED) is 0.748. The monoisotopic (exact) mass is 338 g/mol. The fourth-order valence-electron chi connectivity index (χ4n) is 3.20. The number of nitrogens with one attached hydrogen (secondary N) is 1. The molecule has 0 radical (unpaired) electrons. The molecule has 24 heavy (non-hydrogen) atoms. The predicted molar refractivity (Wildman–Crippen MR) is 96.4 cm³/mol. The Balaban J connectivity index is 1.55. The highest BCUT2D eigenvalue weighted by Gasteiger charge is 2.39. The molecule has 3 aromatic rings. The number of hydrogen-bond donors (Lipinski definition) is 2. The van der Waals surface area contributed by atoms with Gasteiger partial charge in [-0.25, -0.2) is 4.98 Å². The summed E-state index contributed by atoms with van der Waals surface area (Å²) in [6.45, 7) is 0.826. The second kappa shape index (κ2) is 5.87. The number of fused-ring (bicyclic) bond motifs is 1. The second-order valence-corrected chi connectivity index (χ2v) is 7.30. The number of benzene rings is 1. The van der Waals surface area contributed by atoms with Crippen LogP contribution in [0, 0.1) is 0 Å². The third-order valence-electron chi connectivity index (χ3n) is 4.77. The molecule has 4 rings (SSSR count). The van der Waals surface area contributed by atoms with E-state index < -0.39 is 5.91 Å². The number of primary amides is 1. The number of hydrogen-bond acceptors (Lipinski definition) is 5. The molecule has 0 spiro atoms. The maximum atomic E-state index is 11.3. The number of anilines is 1. The van der Waals surface area contributed by atoms with Gasteiger partial charge in [0.2, 0.25) is 5.91 Å². The number of nitrogens with two attached hydrogens (primary N) is 1. The molecule has 6 heteroatoms. The van der Waals surface area contributed by atoms with E-state index in [0.717, 1.165) is 40.4 Å². The number of aromatic nitrogens is 2. The first-order valence-corrected chi connectivity index (χ1v) is 8.84. The van der Waals surface area contributed by atoms with Crippen LogP contribution in [0.25, 0.3) is 10.2 Å². The van der Waals surface area contributed by atoms with E-state index >= 15 is 0 Å². The highest BCUT2D eigenvalue weighted by atomic mass is 32.1. The van der Waals surface area contributed by atoms with E-state index in [1.165, 1.54) is 6.42 Å². The van der Waals surface area contributed by atoms with Gasteiger partial charge in [0.15, 0.2) is 5.13 Å². The van der Waals surface area contributed by atoms with Crippen molar-refractivity contribution in [2.75, 3.05) is 11.9 Å². The highest BCUT2D eigenvalue weighted by Crippen LogP contribution is 2.43. The molecule has 0 bridgehead atoms. The van der Waals surface area contributed by atoms with Crippen molar-refractivity contribution in [2.24, 2.45) is 5.73 Å². The average molecular weight is 338 g/mol. The van der Waals surface area contributed by atoms with Gasteiger partial charge in [-0.3, -0.25) is 9.78 Å². The number of amides is 1. The van der Waals surface area contributed by atoms with Crippen LogP contribution in [0.4, 0.5) is 5.13 Å². The third-order valence-corrected chi connectivity index (χ3v) is 5.75. The van der Waals surface area contributed by atoms with Crippen LogP contribution in [0.15, 0.2) is 42.6 Å². The van der Waals surface area contributed by atoms with E-state index in [1.807, 2.05) is 24.4 Å². The minimum atomic E-state index is -0.414. The van der Waals surface area contributed by atoms with Crippen LogP contribution in [0.3, 0.4) is 0 Å². The standard InChI is InChI=1S/C18H18N4OS/c19-16(23)12-5-6-13-14(10-12)24-17(22-13)21-11-18(7-3-8-18)15-4-1-2-9-20-15/h1-2,4-6,9-10H,3,7-8,11H2,(H2,19,23)(H,21,22). The van der Waals surface area contributed by atoms with Crippen molar-refractivity contribution in [3.63, 3.8) is 0 Å². The van der Waals surface area contributed by atoms with Crippen molar-refractivity contribution in [1.82, 2.24) is 9.97 Å². The Morgan fingerprint density at radius 2 is 2.17 bits per heavy atom. The van der Waals surface area contributed by atoms with Crippen molar-refractivity contribution in [1.29, 1.82) is 0 Å². The minimum Gasteiger partial charge on any atom is -0.366 e. The van der Waals surface area contributed by atoms with Gasteiger partial charge in [-0.05, 0) is 43.2 Å². The normalized spacial score (nSPS) is 15.8. The lowest BCUT2D eigenvalue weighted by Crippen LogP contribution is -2.41. The molecule has 2 heterocycles. The summed E-state index contributed by atoms with van der Waals surface area (Å²) in [4.78, 5) is 20.4. The van der Waals surface area contributed by atoms with Gasteiger partial charge in [-0.1, -0.05) is 23.8 Å². The van der Waals surface area contributed by atoms with Gasteiger partial charge in [-0.2, -0.15) is 0 Å². The summed E-state index contributed by atoms with van der Waals surface area (Å²) in [7, 11) is 0. The fraction of sp³-hybridized carbons (Fsp3) is 0.278. The Morgan fingerprint density at radius 3 is 2.83 bits per heavy atom. The average Bonchev–Trinajstić information content (AvgIpc) is 2.96. The van der Waals surface area contributed by atoms with E-state index in [0.29, 0.717) is 5.56 Å². The van der Waals surface area contributed by atoms with Crippen molar-refractivity contribution >= 4 is 32.6 Å². The number of pyridine rings is 1. The summed E-state index contributed by atoms with van der Waals surface area (Å²) >= 11 is 1.55. The maximum absolute atomic E-state index is 11.3. The van der Waals surface area contributed by atoms with Gasteiger partial charge in [0.05, 0.1) is 10.2 Å². The van der Waals surface area contributed by atoms with Crippen LogP contribution in [-0.2, 0) is 5.41 Å². The predicted octanol–water partition coefficient (Wildman–Crippen LogP) is 3.32. The van der Waals surface area contributed by atoms with Gasteiger partial charge in [-0.15, -0.1) is 0 Å². The molecule has 3 N–H and O–H groups in total. The van der Waals surface area contributed by atoms with E-state index in [1.54, 1.807) is 23.5 Å². The van der Waals surface area contributed by atoms with Crippen molar-refractivity contribution in [2.45, 2.75) is 24.7 Å². The molecular formula is C18H18N4OS. The molecule has 122 valence electrons. The summed E-state index contributed by atoms with van der Waals surface area (Å²) in [5.74, 6) is -0.414. The van der Waals surface area contributed by atoms with E-state index in [-0.39, 0.29) is 5.41 Å². The zero-order valence-electron chi connectivity index (χ0n) is 13.2. The van der Waals surface area contributed by atoms with Crippen molar-refractivity contribution in [3.05, 3.63) is 53.9 Å². The molecule has 0 atom stereocenters.